The zero-order valence-corrected chi connectivity index (χ0v) is 7.85. The summed E-state index contributed by atoms with van der Waals surface area (Å²) >= 11 is 0. The van der Waals surface area contributed by atoms with Gasteiger partial charge in [0.05, 0.1) is 18.2 Å². The van der Waals surface area contributed by atoms with E-state index in [4.69, 9.17) is 4.74 Å². The summed E-state index contributed by atoms with van der Waals surface area (Å²) in [4.78, 5) is 15.1. The molecule has 1 saturated heterocycles. The van der Waals surface area contributed by atoms with Crippen LogP contribution >= 0.6 is 0 Å². The Bertz CT molecular complexity index is 368. The van der Waals surface area contributed by atoms with Crippen molar-refractivity contribution in [1.29, 1.82) is 0 Å². The molecule has 2 heterocycles. The number of carbonyl (C=O) groups excluding carboxylic acids is 1. The van der Waals surface area contributed by atoms with E-state index < -0.39 is 0 Å². The lowest BCUT2D eigenvalue weighted by Crippen LogP contribution is -2.05. The van der Waals surface area contributed by atoms with Crippen molar-refractivity contribution in [2.75, 3.05) is 0 Å². The lowest BCUT2D eigenvalue weighted by atomic mass is 10.2. The molecule has 2 fully saturated rings. The zero-order chi connectivity index (χ0) is 9.54. The average Bonchev–Trinajstić information content (AvgIpc) is 2.75. The number of cyclic esters (lactones) is 1. The van der Waals surface area contributed by atoms with Gasteiger partial charge in [-0.15, -0.1) is 0 Å². The Labute approximate surface area is 81.9 Å². The highest BCUT2D eigenvalue weighted by Crippen LogP contribution is 2.39. The van der Waals surface area contributed by atoms with E-state index in [2.05, 4.69) is 9.55 Å². The fourth-order valence-electron chi connectivity index (χ4n) is 1.96. The Morgan fingerprint density at radius 3 is 2.93 bits per heavy atom. The van der Waals surface area contributed by atoms with Gasteiger partial charge < -0.3 is 9.30 Å². The third kappa shape index (κ3) is 1.22. The lowest BCUT2D eigenvalue weighted by Gasteiger charge is -2.11. The number of imidazole rings is 1. The maximum atomic E-state index is 11.0. The number of aromatic nitrogens is 2. The number of rotatable bonds is 2. The van der Waals surface area contributed by atoms with Crippen LogP contribution in [0, 0.1) is 0 Å². The maximum absolute atomic E-state index is 11.0. The Morgan fingerprint density at radius 1 is 1.43 bits per heavy atom. The van der Waals surface area contributed by atoms with E-state index in [0.717, 1.165) is 12.1 Å². The molecule has 2 aliphatic rings. The van der Waals surface area contributed by atoms with Crippen LogP contribution in [0.5, 0.6) is 0 Å². The van der Waals surface area contributed by atoms with Crippen molar-refractivity contribution in [1.82, 2.24) is 9.55 Å². The molecule has 0 bridgehead atoms. The predicted molar refractivity (Wildman–Crippen MR) is 48.6 cm³/mol. The van der Waals surface area contributed by atoms with Gasteiger partial charge in [-0.1, -0.05) is 0 Å². The summed E-state index contributed by atoms with van der Waals surface area (Å²) in [6, 6.07) is 0.604. The Balaban J connectivity index is 1.87. The smallest absolute Gasteiger partial charge is 0.306 e. The molecule has 1 aliphatic carbocycles. The first kappa shape index (κ1) is 8.03. The van der Waals surface area contributed by atoms with E-state index in [0.29, 0.717) is 12.5 Å². The first-order valence-corrected chi connectivity index (χ1v) is 5.06. The van der Waals surface area contributed by atoms with Crippen molar-refractivity contribution in [2.24, 2.45) is 0 Å². The molecule has 0 radical (unpaired) electrons. The normalized spacial score (nSPS) is 26.6. The zero-order valence-electron chi connectivity index (χ0n) is 7.85. The van der Waals surface area contributed by atoms with Gasteiger partial charge in [0.25, 0.3) is 0 Å². The van der Waals surface area contributed by atoms with Gasteiger partial charge in [-0.25, -0.2) is 4.98 Å². The molecule has 1 aromatic rings. The summed E-state index contributed by atoms with van der Waals surface area (Å²) in [5.74, 6) is -0.0847. The number of hydrogen-bond donors (Lipinski definition) is 0. The molecule has 14 heavy (non-hydrogen) atoms. The SMILES string of the molecule is O=C1CCC(c2cncn2C2CC2)O1. The van der Waals surface area contributed by atoms with Gasteiger partial charge in [0.1, 0.15) is 6.10 Å². The number of hydrogen-bond acceptors (Lipinski definition) is 3. The van der Waals surface area contributed by atoms with E-state index in [1.807, 2.05) is 12.5 Å². The second kappa shape index (κ2) is 2.83. The molecule has 1 aliphatic heterocycles. The summed E-state index contributed by atoms with van der Waals surface area (Å²) in [6.07, 6.45) is 7.41. The summed E-state index contributed by atoms with van der Waals surface area (Å²) in [7, 11) is 0. The van der Waals surface area contributed by atoms with Gasteiger partial charge in [-0.3, -0.25) is 4.79 Å². The molecule has 74 valence electrons. The van der Waals surface area contributed by atoms with Crippen LogP contribution in [0.1, 0.15) is 43.5 Å². The van der Waals surface area contributed by atoms with E-state index in [-0.39, 0.29) is 12.1 Å². The number of carbonyl (C=O) groups is 1. The summed E-state index contributed by atoms with van der Waals surface area (Å²) in [6.45, 7) is 0. The molecule has 1 saturated carbocycles. The fourth-order valence-corrected chi connectivity index (χ4v) is 1.96. The van der Waals surface area contributed by atoms with Gasteiger partial charge in [-0.05, 0) is 12.8 Å². The molecule has 0 spiro atoms. The van der Waals surface area contributed by atoms with Gasteiger partial charge in [0, 0.05) is 18.9 Å². The van der Waals surface area contributed by atoms with Gasteiger partial charge in [0.2, 0.25) is 0 Å². The molecular weight excluding hydrogens is 180 g/mol. The van der Waals surface area contributed by atoms with Crippen molar-refractivity contribution < 1.29 is 9.53 Å². The topological polar surface area (TPSA) is 44.1 Å². The van der Waals surface area contributed by atoms with Crippen LogP contribution in [-0.2, 0) is 9.53 Å². The lowest BCUT2D eigenvalue weighted by molar-refractivity contribution is -0.141. The molecule has 4 heteroatoms. The van der Waals surface area contributed by atoms with Crippen LogP contribution < -0.4 is 0 Å². The van der Waals surface area contributed by atoms with E-state index in [1.54, 1.807) is 0 Å². The Hall–Kier alpha value is -1.32. The average molecular weight is 192 g/mol. The standard InChI is InChI=1S/C10H12N2O2/c13-10-4-3-9(14-10)8-5-11-6-12(8)7-1-2-7/h5-7,9H,1-4H2. The van der Waals surface area contributed by atoms with Crippen LogP contribution in [0.15, 0.2) is 12.5 Å². The molecular formula is C10H12N2O2. The van der Waals surface area contributed by atoms with Gasteiger partial charge >= 0.3 is 5.97 Å². The van der Waals surface area contributed by atoms with E-state index >= 15 is 0 Å². The first-order chi connectivity index (χ1) is 6.84. The highest BCUT2D eigenvalue weighted by Gasteiger charge is 2.32. The fraction of sp³-hybridized carbons (Fsp3) is 0.600. The first-order valence-electron chi connectivity index (χ1n) is 5.06. The van der Waals surface area contributed by atoms with Crippen molar-refractivity contribution in [3.63, 3.8) is 0 Å². The molecule has 3 rings (SSSR count). The van der Waals surface area contributed by atoms with Crippen LogP contribution in [0.25, 0.3) is 0 Å². The second-order valence-electron chi connectivity index (χ2n) is 3.97. The summed E-state index contributed by atoms with van der Waals surface area (Å²) in [5.41, 5.74) is 1.07. The predicted octanol–water partition coefficient (Wildman–Crippen LogP) is 1.60. The summed E-state index contributed by atoms with van der Waals surface area (Å²) in [5, 5.41) is 0. The van der Waals surface area contributed by atoms with Gasteiger partial charge in [0.15, 0.2) is 0 Å². The highest BCUT2D eigenvalue weighted by molar-refractivity contribution is 5.71. The van der Waals surface area contributed by atoms with Crippen molar-refractivity contribution in [2.45, 2.75) is 37.8 Å². The third-order valence-corrected chi connectivity index (χ3v) is 2.85. The Morgan fingerprint density at radius 2 is 2.29 bits per heavy atom. The number of esters is 1. The maximum Gasteiger partial charge on any atom is 0.306 e. The minimum atomic E-state index is -0.0847. The molecule has 1 aromatic heterocycles. The van der Waals surface area contributed by atoms with Crippen molar-refractivity contribution >= 4 is 5.97 Å². The number of ether oxygens (including phenoxy) is 1. The minimum absolute atomic E-state index is 0.0504. The van der Waals surface area contributed by atoms with Crippen LogP contribution in [-0.4, -0.2) is 15.5 Å². The molecule has 1 atom stereocenters. The molecule has 0 amide bonds. The van der Waals surface area contributed by atoms with Crippen LogP contribution in [0.3, 0.4) is 0 Å². The largest absolute Gasteiger partial charge is 0.456 e. The van der Waals surface area contributed by atoms with Gasteiger partial charge in [-0.2, -0.15) is 0 Å². The van der Waals surface area contributed by atoms with Crippen molar-refractivity contribution in [3.05, 3.63) is 18.2 Å². The van der Waals surface area contributed by atoms with Crippen LogP contribution in [0.4, 0.5) is 0 Å². The second-order valence-corrected chi connectivity index (χ2v) is 3.97. The molecule has 0 aromatic carbocycles. The highest BCUT2D eigenvalue weighted by atomic mass is 16.5. The van der Waals surface area contributed by atoms with E-state index in [9.17, 15) is 4.79 Å². The quantitative estimate of drug-likeness (QED) is 0.668. The Kier molecular flexibility index (Phi) is 1.63. The minimum Gasteiger partial charge on any atom is -0.456 e. The number of nitrogens with zero attached hydrogens (tertiary/aromatic N) is 2. The van der Waals surface area contributed by atoms with E-state index in [1.165, 1.54) is 12.8 Å². The molecule has 4 nitrogen and oxygen atoms in total. The summed E-state index contributed by atoms with van der Waals surface area (Å²) < 4.78 is 7.38. The molecule has 0 N–H and O–H groups in total. The monoisotopic (exact) mass is 192 g/mol. The molecule has 1 unspecified atom stereocenters. The van der Waals surface area contributed by atoms with Crippen molar-refractivity contribution in [3.8, 4) is 0 Å². The van der Waals surface area contributed by atoms with Crippen LogP contribution in [0.2, 0.25) is 0 Å². The third-order valence-electron chi connectivity index (χ3n) is 2.85.